The first kappa shape index (κ1) is 19.9. The summed E-state index contributed by atoms with van der Waals surface area (Å²) in [5, 5.41) is 4.77. The number of aromatic nitrogens is 1. The van der Waals surface area contributed by atoms with Crippen LogP contribution >= 0.6 is 11.3 Å². The number of rotatable bonds is 6. The third-order valence-corrected chi connectivity index (χ3v) is 7.98. The fourth-order valence-corrected chi connectivity index (χ4v) is 6.12. The lowest BCUT2D eigenvalue weighted by Crippen LogP contribution is -2.36. The minimum absolute atomic E-state index is 0.158. The molecule has 0 atom stereocenters. The maximum absolute atomic E-state index is 13.1. The predicted molar refractivity (Wildman–Crippen MR) is 114 cm³/mol. The summed E-state index contributed by atoms with van der Waals surface area (Å²) in [7, 11) is -3.56. The van der Waals surface area contributed by atoms with Gasteiger partial charge in [-0.25, -0.2) is 8.42 Å². The average molecular weight is 430 g/mol. The Morgan fingerprint density at radius 3 is 2.48 bits per heavy atom. The molecule has 3 heterocycles. The summed E-state index contributed by atoms with van der Waals surface area (Å²) in [6, 6.07) is 12.6. The fourth-order valence-electron chi connectivity index (χ4n) is 3.57. The maximum atomic E-state index is 13.1. The van der Waals surface area contributed by atoms with Crippen LogP contribution in [-0.2, 0) is 16.6 Å². The molecule has 2 aromatic heterocycles. The molecule has 0 unspecified atom stereocenters. The zero-order valence-electron chi connectivity index (χ0n) is 16.0. The molecule has 0 saturated carbocycles. The Labute approximate surface area is 174 Å². The SMILES string of the molecule is O=C(NCc1ccccc1S(=O)(=O)N1CCCCC1)c1sccc1-n1cccc1. The molecule has 1 aliphatic heterocycles. The number of nitrogens with one attached hydrogen (secondary N) is 1. The van der Waals surface area contributed by atoms with Crippen molar-refractivity contribution in [1.82, 2.24) is 14.2 Å². The third-order valence-electron chi connectivity index (χ3n) is 5.08. The first-order chi connectivity index (χ1) is 14.1. The largest absolute Gasteiger partial charge is 0.347 e. The fraction of sp³-hybridized carbons (Fsp3) is 0.286. The standard InChI is InChI=1S/C21H23N3O3S2/c25-21(20-18(10-15-28-20)23-11-6-7-12-23)22-16-17-8-2-3-9-19(17)29(26,27)24-13-4-1-5-14-24/h2-3,6-12,15H,1,4-5,13-14,16H2,(H,22,25). The minimum atomic E-state index is -3.56. The molecule has 8 heteroatoms. The van der Waals surface area contributed by atoms with Gasteiger partial charge in [-0.05, 0) is 48.1 Å². The van der Waals surface area contributed by atoms with Crippen LogP contribution in [0.5, 0.6) is 0 Å². The molecule has 1 aromatic carbocycles. The molecule has 0 radical (unpaired) electrons. The van der Waals surface area contributed by atoms with Crippen molar-refractivity contribution in [1.29, 1.82) is 0 Å². The number of carbonyl (C=O) groups excluding carboxylic acids is 1. The van der Waals surface area contributed by atoms with Crippen molar-refractivity contribution < 1.29 is 13.2 Å². The highest BCUT2D eigenvalue weighted by molar-refractivity contribution is 7.89. The first-order valence-corrected chi connectivity index (χ1v) is 12.0. The van der Waals surface area contributed by atoms with E-state index in [0.29, 0.717) is 23.5 Å². The number of carbonyl (C=O) groups is 1. The molecular formula is C21H23N3O3S2. The number of benzene rings is 1. The summed E-state index contributed by atoms with van der Waals surface area (Å²) >= 11 is 1.36. The maximum Gasteiger partial charge on any atom is 0.263 e. The summed E-state index contributed by atoms with van der Waals surface area (Å²) < 4.78 is 29.7. The van der Waals surface area contributed by atoms with Crippen LogP contribution in [-0.4, -0.2) is 36.3 Å². The van der Waals surface area contributed by atoms with Gasteiger partial charge in [-0.2, -0.15) is 4.31 Å². The van der Waals surface area contributed by atoms with Gasteiger partial charge in [0, 0.05) is 32.0 Å². The topological polar surface area (TPSA) is 71.4 Å². The van der Waals surface area contributed by atoms with E-state index >= 15 is 0 Å². The molecule has 1 N–H and O–H groups in total. The number of amides is 1. The Kier molecular flexibility index (Phi) is 5.84. The van der Waals surface area contributed by atoms with Crippen LogP contribution in [0.3, 0.4) is 0 Å². The Morgan fingerprint density at radius 1 is 1.00 bits per heavy atom. The van der Waals surface area contributed by atoms with E-state index in [1.165, 1.54) is 11.3 Å². The van der Waals surface area contributed by atoms with Crippen LogP contribution in [0.2, 0.25) is 0 Å². The molecule has 1 amide bonds. The highest BCUT2D eigenvalue weighted by Gasteiger charge is 2.28. The normalized spacial score (nSPS) is 15.3. The second-order valence-corrected chi connectivity index (χ2v) is 9.80. The van der Waals surface area contributed by atoms with Gasteiger partial charge in [-0.1, -0.05) is 24.6 Å². The lowest BCUT2D eigenvalue weighted by molar-refractivity contribution is 0.0954. The lowest BCUT2D eigenvalue weighted by atomic mass is 10.2. The molecule has 1 saturated heterocycles. The van der Waals surface area contributed by atoms with Gasteiger partial charge in [0.2, 0.25) is 10.0 Å². The van der Waals surface area contributed by atoms with Crippen LogP contribution in [0.15, 0.2) is 65.1 Å². The van der Waals surface area contributed by atoms with Crippen molar-refractivity contribution in [3.05, 3.63) is 70.7 Å². The van der Waals surface area contributed by atoms with Gasteiger partial charge < -0.3 is 9.88 Å². The van der Waals surface area contributed by atoms with E-state index in [9.17, 15) is 13.2 Å². The van der Waals surface area contributed by atoms with E-state index in [1.807, 2.05) is 40.5 Å². The van der Waals surface area contributed by atoms with Gasteiger partial charge in [0.15, 0.2) is 0 Å². The van der Waals surface area contributed by atoms with Crippen molar-refractivity contribution >= 4 is 27.3 Å². The number of piperidine rings is 1. The number of nitrogens with zero attached hydrogens (tertiary/aromatic N) is 2. The highest BCUT2D eigenvalue weighted by atomic mass is 32.2. The molecule has 0 aliphatic carbocycles. The third kappa shape index (κ3) is 4.14. The van der Waals surface area contributed by atoms with Crippen molar-refractivity contribution in [3.8, 4) is 5.69 Å². The highest BCUT2D eigenvalue weighted by Crippen LogP contribution is 2.25. The van der Waals surface area contributed by atoms with Crippen LogP contribution in [0, 0.1) is 0 Å². The van der Waals surface area contributed by atoms with E-state index in [0.717, 1.165) is 24.9 Å². The van der Waals surface area contributed by atoms with E-state index < -0.39 is 10.0 Å². The van der Waals surface area contributed by atoms with Gasteiger partial charge in [-0.3, -0.25) is 4.79 Å². The smallest absolute Gasteiger partial charge is 0.263 e. The van der Waals surface area contributed by atoms with Gasteiger partial charge in [0.05, 0.1) is 10.6 Å². The summed E-state index contributed by atoms with van der Waals surface area (Å²) in [6.45, 7) is 1.27. The Hall–Kier alpha value is -2.42. The summed E-state index contributed by atoms with van der Waals surface area (Å²) in [4.78, 5) is 13.7. The van der Waals surface area contributed by atoms with E-state index in [4.69, 9.17) is 0 Å². The number of hydrogen-bond acceptors (Lipinski definition) is 4. The minimum Gasteiger partial charge on any atom is -0.347 e. The van der Waals surface area contributed by atoms with Crippen molar-refractivity contribution in [2.75, 3.05) is 13.1 Å². The quantitative estimate of drug-likeness (QED) is 0.650. The van der Waals surface area contributed by atoms with Gasteiger partial charge >= 0.3 is 0 Å². The molecule has 0 bridgehead atoms. The number of sulfonamides is 1. The molecule has 29 heavy (non-hydrogen) atoms. The zero-order valence-corrected chi connectivity index (χ0v) is 17.6. The van der Waals surface area contributed by atoms with Gasteiger partial charge in [0.1, 0.15) is 4.88 Å². The van der Waals surface area contributed by atoms with E-state index in [1.54, 1.807) is 28.6 Å². The summed E-state index contributed by atoms with van der Waals surface area (Å²) in [6.07, 6.45) is 6.62. The number of hydrogen-bond donors (Lipinski definition) is 1. The summed E-state index contributed by atoms with van der Waals surface area (Å²) in [5.74, 6) is -0.214. The zero-order chi connectivity index (χ0) is 20.3. The van der Waals surface area contributed by atoms with Crippen LogP contribution in [0.25, 0.3) is 5.69 Å². The lowest BCUT2D eigenvalue weighted by Gasteiger charge is -2.26. The molecule has 6 nitrogen and oxygen atoms in total. The summed E-state index contributed by atoms with van der Waals surface area (Å²) in [5.41, 5.74) is 1.41. The molecule has 0 spiro atoms. The van der Waals surface area contributed by atoms with Crippen molar-refractivity contribution in [2.45, 2.75) is 30.7 Å². The average Bonchev–Trinajstić information content (AvgIpc) is 3.44. The molecular weight excluding hydrogens is 406 g/mol. The van der Waals surface area contributed by atoms with E-state index in [2.05, 4.69) is 5.32 Å². The molecule has 1 aliphatic rings. The first-order valence-electron chi connectivity index (χ1n) is 9.64. The van der Waals surface area contributed by atoms with Crippen molar-refractivity contribution in [2.24, 2.45) is 0 Å². The number of thiophene rings is 1. The Morgan fingerprint density at radius 2 is 1.72 bits per heavy atom. The molecule has 1 fully saturated rings. The molecule has 4 rings (SSSR count). The Balaban J connectivity index is 1.53. The second-order valence-electron chi connectivity index (χ2n) is 6.98. The molecule has 3 aromatic rings. The van der Waals surface area contributed by atoms with Gasteiger partial charge in [0.25, 0.3) is 5.91 Å². The molecule has 152 valence electrons. The van der Waals surface area contributed by atoms with E-state index in [-0.39, 0.29) is 17.3 Å². The van der Waals surface area contributed by atoms with Crippen LogP contribution < -0.4 is 5.32 Å². The van der Waals surface area contributed by atoms with Crippen LogP contribution in [0.4, 0.5) is 0 Å². The monoisotopic (exact) mass is 429 g/mol. The Bertz CT molecular complexity index is 1080. The predicted octanol–water partition coefficient (Wildman–Crippen LogP) is 3.64. The van der Waals surface area contributed by atoms with Crippen molar-refractivity contribution in [3.63, 3.8) is 0 Å². The van der Waals surface area contributed by atoms with Crippen LogP contribution in [0.1, 0.15) is 34.5 Å². The van der Waals surface area contributed by atoms with Gasteiger partial charge in [-0.15, -0.1) is 11.3 Å². The second kappa shape index (κ2) is 8.52.